The van der Waals surface area contributed by atoms with Crippen molar-refractivity contribution >= 4 is 17.3 Å². The molecule has 0 bridgehead atoms. The molecule has 0 spiro atoms. The SMILES string of the molecule is CCOc1ccc(NC(=O)C2CCN(c3ccccc3)CC2)cc1. The Morgan fingerprint density at radius 2 is 1.75 bits per heavy atom. The minimum absolute atomic E-state index is 0.0801. The molecule has 4 nitrogen and oxygen atoms in total. The summed E-state index contributed by atoms with van der Waals surface area (Å²) < 4.78 is 5.42. The molecule has 1 amide bonds. The Hall–Kier alpha value is -2.49. The van der Waals surface area contributed by atoms with E-state index in [2.05, 4.69) is 34.5 Å². The van der Waals surface area contributed by atoms with Gasteiger partial charge in [0.25, 0.3) is 0 Å². The molecular formula is C20H24N2O2. The van der Waals surface area contributed by atoms with Gasteiger partial charge in [-0.15, -0.1) is 0 Å². The second-order valence-electron chi connectivity index (χ2n) is 6.04. The number of carbonyl (C=O) groups is 1. The van der Waals surface area contributed by atoms with Crippen molar-refractivity contribution in [2.45, 2.75) is 19.8 Å². The summed E-state index contributed by atoms with van der Waals surface area (Å²) in [6.45, 7) is 4.44. The molecule has 4 heteroatoms. The van der Waals surface area contributed by atoms with Crippen molar-refractivity contribution in [1.82, 2.24) is 0 Å². The largest absolute Gasteiger partial charge is 0.494 e. The highest BCUT2D eigenvalue weighted by Gasteiger charge is 2.25. The third-order valence-electron chi connectivity index (χ3n) is 4.42. The van der Waals surface area contributed by atoms with Crippen LogP contribution in [-0.4, -0.2) is 25.6 Å². The molecule has 1 fully saturated rings. The summed E-state index contributed by atoms with van der Waals surface area (Å²) in [5, 5.41) is 3.02. The van der Waals surface area contributed by atoms with Crippen LogP contribution in [0.4, 0.5) is 11.4 Å². The van der Waals surface area contributed by atoms with Crippen LogP contribution in [0.5, 0.6) is 5.75 Å². The molecule has 3 rings (SSSR count). The molecule has 24 heavy (non-hydrogen) atoms. The maximum absolute atomic E-state index is 12.5. The van der Waals surface area contributed by atoms with Gasteiger partial charge >= 0.3 is 0 Å². The first-order valence-electron chi connectivity index (χ1n) is 8.60. The average Bonchev–Trinajstić information content (AvgIpc) is 2.64. The van der Waals surface area contributed by atoms with E-state index < -0.39 is 0 Å². The molecule has 1 aliphatic heterocycles. The highest BCUT2D eigenvalue weighted by molar-refractivity contribution is 5.92. The molecule has 0 atom stereocenters. The number of ether oxygens (including phenoxy) is 1. The van der Waals surface area contributed by atoms with E-state index in [0.717, 1.165) is 37.4 Å². The molecule has 0 aromatic heterocycles. The summed E-state index contributed by atoms with van der Waals surface area (Å²) in [5.74, 6) is 1.02. The zero-order valence-corrected chi connectivity index (χ0v) is 14.1. The van der Waals surface area contributed by atoms with Crippen molar-refractivity contribution in [2.24, 2.45) is 5.92 Å². The van der Waals surface area contributed by atoms with Crippen LogP contribution in [-0.2, 0) is 4.79 Å². The summed E-state index contributed by atoms with van der Waals surface area (Å²) in [6, 6.07) is 17.9. The number of piperidine rings is 1. The van der Waals surface area contributed by atoms with Crippen molar-refractivity contribution in [3.8, 4) is 5.75 Å². The molecule has 0 radical (unpaired) electrons. The van der Waals surface area contributed by atoms with E-state index in [1.54, 1.807) is 0 Å². The number of nitrogens with one attached hydrogen (secondary N) is 1. The van der Waals surface area contributed by atoms with Crippen LogP contribution in [0.1, 0.15) is 19.8 Å². The van der Waals surface area contributed by atoms with Gasteiger partial charge in [0.15, 0.2) is 0 Å². The van der Waals surface area contributed by atoms with Crippen molar-refractivity contribution < 1.29 is 9.53 Å². The van der Waals surface area contributed by atoms with Crippen LogP contribution >= 0.6 is 0 Å². The molecular weight excluding hydrogens is 300 g/mol. The quantitative estimate of drug-likeness (QED) is 0.906. The number of rotatable bonds is 5. The molecule has 1 saturated heterocycles. The Labute approximate surface area is 143 Å². The van der Waals surface area contributed by atoms with Gasteiger partial charge in [-0.05, 0) is 56.2 Å². The second-order valence-corrected chi connectivity index (χ2v) is 6.04. The van der Waals surface area contributed by atoms with E-state index in [-0.39, 0.29) is 11.8 Å². The highest BCUT2D eigenvalue weighted by Crippen LogP contribution is 2.24. The average molecular weight is 324 g/mol. The fourth-order valence-corrected chi connectivity index (χ4v) is 3.08. The van der Waals surface area contributed by atoms with Crippen molar-refractivity contribution in [1.29, 1.82) is 0 Å². The number of carbonyl (C=O) groups excluding carboxylic acids is 1. The van der Waals surface area contributed by atoms with Crippen LogP contribution in [0.3, 0.4) is 0 Å². The van der Waals surface area contributed by atoms with E-state index in [4.69, 9.17) is 4.74 Å². The van der Waals surface area contributed by atoms with Crippen LogP contribution in [0, 0.1) is 5.92 Å². The number of hydrogen-bond acceptors (Lipinski definition) is 3. The summed E-state index contributed by atoms with van der Waals surface area (Å²) in [6.07, 6.45) is 1.77. The topological polar surface area (TPSA) is 41.6 Å². The van der Waals surface area contributed by atoms with Gasteiger partial charge in [-0.2, -0.15) is 0 Å². The maximum atomic E-state index is 12.5. The van der Waals surface area contributed by atoms with Crippen LogP contribution in [0.25, 0.3) is 0 Å². The second kappa shape index (κ2) is 7.86. The normalized spacial score (nSPS) is 15.1. The monoisotopic (exact) mass is 324 g/mol. The van der Waals surface area contributed by atoms with Gasteiger partial charge in [0.05, 0.1) is 6.61 Å². The van der Waals surface area contributed by atoms with Gasteiger partial charge in [0.1, 0.15) is 5.75 Å². The van der Waals surface area contributed by atoms with E-state index in [1.165, 1.54) is 5.69 Å². The highest BCUT2D eigenvalue weighted by atomic mass is 16.5. The van der Waals surface area contributed by atoms with Gasteiger partial charge in [0.2, 0.25) is 5.91 Å². The lowest BCUT2D eigenvalue weighted by atomic mass is 9.95. The number of amides is 1. The van der Waals surface area contributed by atoms with E-state index in [9.17, 15) is 4.79 Å². The van der Waals surface area contributed by atoms with Crippen molar-refractivity contribution in [3.63, 3.8) is 0 Å². The predicted octanol–water partition coefficient (Wildman–Crippen LogP) is 3.94. The number of hydrogen-bond donors (Lipinski definition) is 1. The molecule has 2 aromatic carbocycles. The first-order valence-corrected chi connectivity index (χ1v) is 8.60. The number of anilines is 2. The van der Waals surface area contributed by atoms with Gasteiger partial charge in [0, 0.05) is 30.4 Å². The smallest absolute Gasteiger partial charge is 0.227 e. The van der Waals surface area contributed by atoms with Gasteiger partial charge in [-0.25, -0.2) is 0 Å². The predicted molar refractivity (Wildman–Crippen MR) is 97.6 cm³/mol. The van der Waals surface area contributed by atoms with Crippen molar-refractivity contribution in [3.05, 3.63) is 54.6 Å². The molecule has 0 aliphatic carbocycles. The lowest BCUT2D eigenvalue weighted by Gasteiger charge is -2.33. The minimum Gasteiger partial charge on any atom is -0.494 e. The summed E-state index contributed by atoms with van der Waals surface area (Å²) in [4.78, 5) is 14.8. The molecule has 0 unspecified atom stereocenters. The lowest BCUT2D eigenvalue weighted by Crippen LogP contribution is -2.38. The Kier molecular flexibility index (Phi) is 5.36. The third kappa shape index (κ3) is 4.07. The summed E-state index contributed by atoms with van der Waals surface area (Å²) in [5.41, 5.74) is 2.07. The fourth-order valence-electron chi connectivity index (χ4n) is 3.08. The Bertz CT molecular complexity index is 647. The van der Waals surface area contributed by atoms with Crippen molar-refractivity contribution in [2.75, 3.05) is 29.9 Å². The van der Waals surface area contributed by atoms with Gasteiger partial charge in [-0.3, -0.25) is 4.79 Å². The molecule has 126 valence electrons. The first-order chi connectivity index (χ1) is 11.8. The van der Waals surface area contributed by atoms with E-state index >= 15 is 0 Å². The third-order valence-corrected chi connectivity index (χ3v) is 4.42. The zero-order chi connectivity index (χ0) is 16.8. The van der Waals surface area contributed by atoms with Crippen LogP contribution < -0.4 is 15.0 Å². The summed E-state index contributed by atoms with van der Waals surface area (Å²) >= 11 is 0. The Balaban J connectivity index is 1.51. The number of nitrogens with zero attached hydrogens (tertiary/aromatic N) is 1. The molecule has 1 N–H and O–H groups in total. The Morgan fingerprint density at radius 1 is 1.08 bits per heavy atom. The first kappa shape index (κ1) is 16.4. The molecule has 0 saturated carbocycles. The van der Waals surface area contributed by atoms with Gasteiger partial charge in [-0.1, -0.05) is 18.2 Å². The van der Waals surface area contributed by atoms with E-state index in [1.807, 2.05) is 37.3 Å². The zero-order valence-electron chi connectivity index (χ0n) is 14.1. The lowest BCUT2D eigenvalue weighted by molar-refractivity contribution is -0.120. The molecule has 1 heterocycles. The standard InChI is InChI=1S/C20H24N2O2/c1-2-24-19-10-8-17(9-11-19)21-20(23)16-12-14-22(15-13-16)18-6-4-3-5-7-18/h3-11,16H,2,12-15H2,1H3,(H,21,23). The Morgan fingerprint density at radius 3 is 2.38 bits per heavy atom. The van der Waals surface area contributed by atoms with Crippen LogP contribution in [0.2, 0.25) is 0 Å². The molecule has 2 aromatic rings. The number of benzene rings is 2. The minimum atomic E-state index is 0.0801. The van der Waals surface area contributed by atoms with Gasteiger partial charge < -0.3 is 15.0 Å². The number of para-hydroxylation sites is 1. The van der Waals surface area contributed by atoms with Crippen LogP contribution in [0.15, 0.2) is 54.6 Å². The van der Waals surface area contributed by atoms with E-state index in [0.29, 0.717) is 6.61 Å². The fraction of sp³-hybridized carbons (Fsp3) is 0.350. The molecule has 1 aliphatic rings. The maximum Gasteiger partial charge on any atom is 0.227 e. The summed E-state index contributed by atoms with van der Waals surface area (Å²) in [7, 11) is 0.